The van der Waals surface area contributed by atoms with E-state index in [0.29, 0.717) is 0 Å². The Hall–Kier alpha value is -1.01. The first-order valence-electron chi connectivity index (χ1n) is 6.05. The second kappa shape index (κ2) is 6.83. The molecule has 118 valence electrons. The molecule has 0 atom stereocenters. The van der Waals surface area contributed by atoms with Crippen molar-refractivity contribution < 1.29 is 22.7 Å². The van der Waals surface area contributed by atoms with E-state index in [4.69, 9.17) is 23.2 Å². The van der Waals surface area contributed by atoms with Crippen LogP contribution in [-0.4, -0.2) is 18.1 Å². The van der Waals surface area contributed by atoms with E-state index in [2.05, 4.69) is 9.72 Å². The molecule has 0 spiro atoms. The highest BCUT2D eigenvalue weighted by Gasteiger charge is 2.40. The highest BCUT2D eigenvalue weighted by atomic mass is 35.5. The second-order valence-corrected chi connectivity index (χ2v) is 5.91. The molecule has 0 saturated heterocycles. The van der Waals surface area contributed by atoms with E-state index in [1.165, 1.54) is 6.07 Å². The molecule has 0 amide bonds. The van der Waals surface area contributed by atoms with Crippen molar-refractivity contribution in [2.75, 3.05) is 7.11 Å². The summed E-state index contributed by atoms with van der Waals surface area (Å²) in [5.41, 5.74) is -1.89. The number of halogens is 5. The Kier molecular flexibility index (Phi) is 5.87. The average molecular weight is 344 g/mol. The molecule has 0 radical (unpaired) electrons. The number of rotatable bonds is 4. The molecule has 0 bridgehead atoms. The van der Waals surface area contributed by atoms with Crippen molar-refractivity contribution in [3.63, 3.8) is 0 Å². The van der Waals surface area contributed by atoms with Gasteiger partial charge in [0.2, 0.25) is 0 Å². The third-order valence-electron chi connectivity index (χ3n) is 2.63. The van der Waals surface area contributed by atoms with Crippen LogP contribution in [0.1, 0.15) is 46.0 Å². The summed E-state index contributed by atoms with van der Waals surface area (Å²) in [6, 6.07) is 1.31. The second-order valence-electron chi connectivity index (χ2n) is 4.82. The summed E-state index contributed by atoms with van der Waals surface area (Å²) in [6.45, 7) is 3.63. The standard InChI is InChI=1S/C13H14Cl2F3NO2/c1-6(2)4-7-5-8(11(14)15)19-10(13(16,17)18)9(7)12(20)21-3/h5-6,11H,4H2,1-3H3. The van der Waals surface area contributed by atoms with Gasteiger partial charge < -0.3 is 4.74 Å². The van der Waals surface area contributed by atoms with E-state index in [1.54, 1.807) is 0 Å². The van der Waals surface area contributed by atoms with E-state index < -0.39 is 28.2 Å². The Labute approximate surface area is 130 Å². The quantitative estimate of drug-likeness (QED) is 0.594. The van der Waals surface area contributed by atoms with Gasteiger partial charge in [0.05, 0.1) is 18.4 Å². The molecule has 1 aromatic heterocycles. The van der Waals surface area contributed by atoms with Gasteiger partial charge in [0.1, 0.15) is 4.84 Å². The topological polar surface area (TPSA) is 39.2 Å². The molecule has 0 unspecified atom stereocenters. The monoisotopic (exact) mass is 343 g/mol. The van der Waals surface area contributed by atoms with E-state index in [-0.39, 0.29) is 23.6 Å². The van der Waals surface area contributed by atoms with Crippen molar-refractivity contribution >= 4 is 29.2 Å². The summed E-state index contributed by atoms with van der Waals surface area (Å²) in [5, 5.41) is 0. The molecule has 0 aliphatic heterocycles. The summed E-state index contributed by atoms with van der Waals surface area (Å²) < 4.78 is 43.9. The fourth-order valence-corrected chi connectivity index (χ4v) is 2.09. The number of carbonyl (C=O) groups is 1. The summed E-state index contributed by atoms with van der Waals surface area (Å²) in [4.78, 5) is 13.9. The van der Waals surface area contributed by atoms with Gasteiger partial charge >= 0.3 is 12.1 Å². The highest BCUT2D eigenvalue weighted by Crippen LogP contribution is 2.36. The summed E-state index contributed by atoms with van der Waals surface area (Å²) in [7, 11) is 1.02. The zero-order chi connectivity index (χ0) is 16.4. The molecule has 1 rings (SSSR count). The Morgan fingerprint density at radius 2 is 1.95 bits per heavy atom. The maximum absolute atomic E-state index is 13.1. The Morgan fingerprint density at radius 3 is 2.33 bits per heavy atom. The lowest BCUT2D eigenvalue weighted by Crippen LogP contribution is -2.21. The van der Waals surface area contributed by atoms with Gasteiger partial charge in [0.25, 0.3) is 0 Å². The van der Waals surface area contributed by atoms with Crippen LogP contribution >= 0.6 is 23.2 Å². The lowest BCUT2D eigenvalue weighted by molar-refractivity contribution is -0.141. The number of methoxy groups -OCH3 is 1. The molecule has 0 fully saturated rings. The predicted molar refractivity (Wildman–Crippen MR) is 73.6 cm³/mol. The van der Waals surface area contributed by atoms with Crippen molar-refractivity contribution in [2.24, 2.45) is 5.92 Å². The van der Waals surface area contributed by atoms with Crippen LogP contribution in [0.25, 0.3) is 0 Å². The molecular weight excluding hydrogens is 330 g/mol. The maximum atomic E-state index is 13.1. The summed E-state index contributed by atoms with van der Waals surface area (Å²) in [5.74, 6) is -1.06. The number of aromatic nitrogens is 1. The number of nitrogens with zero attached hydrogens (tertiary/aromatic N) is 1. The van der Waals surface area contributed by atoms with E-state index in [1.807, 2.05) is 13.8 Å². The van der Waals surface area contributed by atoms with Gasteiger partial charge in [-0.2, -0.15) is 13.2 Å². The first kappa shape index (κ1) is 18.0. The predicted octanol–water partition coefficient (Wildman–Crippen LogP) is 4.56. The number of ether oxygens (including phenoxy) is 1. The highest BCUT2D eigenvalue weighted by molar-refractivity contribution is 6.43. The number of alkyl halides is 5. The van der Waals surface area contributed by atoms with E-state index in [9.17, 15) is 18.0 Å². The van der Waals surface area contributed by atoms with E-state index >= 15 is 0 Å². The largest absolute Gasteiger partial charge is 0.465 e. The maximum Gasteiger partial charge on any atom is 0.434 e. The van der Waals surface area contributed by atoms with Gasteiger partial charge in [0, 0.05) is 0 Å². The molecule has 1 heterocycles. The van der Waals surface area contributed by atoms with Gasteiger partial charge in [-0.3, -0.25) is 0 Å². The number of hydrogen-bond acceptors (Lipinski definition) is 3. The molecule has 0 aliphatic rings. The smallest absolute Gasteiger partial charge is 0.434 e. The van der Waals surface area contributed by atoms with Crippen molar-refractivity contribution in [1.82, 2.24) is 4.98 Å². The van der Waals surface area contributed by atoms with Gasteiger partial charge in [-0.15, -0.1) is 0 Å². The first-order valence-corrected chi connectivity index (χ1v) is 6.92. The van der Waals surface area contributed by atoms with Crippen LogP contribution in [0.15, 0.2) is 6.07 Å². The van der Waals surface area contributed by atoms with Crippen molar-refractivity contribution in [3.05, 3.63) is 28.6 Å². The lowest BCUT2D eigenvalue weighted by Gasteiger charge is -2.18. The molecule has 1 aromatic rings. The molecule has 0 aromatic carbocycles. The van der Waals surface area contributed by atoms with Crippen LogP contribution in [0, 0.1) is 5.92 Å². The van der Waals surface area contributed by atoms with Crippen molar-refractivity contribution in [3.8, 4) is 0 Å². The minimum Gasteiger partial charge on any atom is -0.465 e. The number of esters is 1. The van der Waals surface area contributed by atoms with Crippen LogP contribution in [0.4, 0.5) is 13.2 Å². The number of hydrogen-bond donors (Lipinski definition) is 0. The minimum atomic E-state index is -4.81. The van der Waals surface area contributed by atoms with Crippen LogP contribution in [-0.2, 0) is 17.3 Å². The van der Waals surface area contributed by atoms with Gasteiger partial charge in [0.15, 0.2) is 5.69 Å². The van der Waals surface area contributed by atoms with Gasteiger partial charge in [-0.25, -0.2) is 9.78 Å². The minimum absolute atomic E-state index is 0.0221. The third-order valence-corrected chi connectivity index (χ3v) is 3.08. The molecule has 3 nitrogen and oxygen atoms in total. The summed E-state index contributed by atoms with van der Waals surface area (Å²) in [6.07, 6.45) is -4.57. The van der Waals surface area contributed by atoms with Gasteiger partial charge in [-0.1, -0.05) is 37.0 Å². The van der Waals surface area contributed by atoms with Crippen LogP contribution in [0.2, 0.25) is 0 Å². The zero-order valence-corrected chi connectivity index (χ0v) is 13.1. The lowest BCUT2D eigenvalue weighted by atomic mass is 9.96. The fourth-order valence-electron chi connectivity index (χ4n) is 1.87. The molecule has 0 saturated carbocycles. The SMILES string of the molecule is COC(=O)c1c(CC(C)C)cc(C(Cl)Cl)nc1C(F)(F)F. The number of pyridine rings is 1. The van der Waals surface area contributed by atoms with Crippen LogP contribution in [0.5, 0.6) is 0 Å². The van der Waals surface area contributed by atoms with Crippen molar-refractivity contribution in [1.29, 1.82) is 0 Å². The summed E-state index contributed by atoms with van der Waals surface area (Å²) >= 11 is 11.2. The van der Waals surface area contributed by atoms with Crippen molar-refractivity contribution in [2.45, 2.75) is 31.3 Å². The van der Waals surface area contributed by atoms with Crippen LogP contribution < -0.4 is 0 Å². The van der Waals surface area contributed by atoms with Gasteiger partial charge in [-0.05, 0) is 24.0 Å². The molecule has 0 aliphatic carbocycles. The molecule has 0 N–H and O–H groups in total. The molecule has 8 heteroatoms. The average Bonchev–Trinajstić information content (AvgIpc) is 2.35. The third kappa shape index (κ3) is 4.48. The Morgan fingerprint density at radius 1 is 1.38 bits per heavy atom. The zero-order valence-electron chi connectivity index (χ0n) is 11.6. The Balaban J connectivity index is 3.64. The molecular formula is C13H14Cl2F3NO2. The first-order chi connectivity index (χ1) is 9.57. The number of carbonyl (C=O) groups excluding carboxylic acids is 1. The molecule has 21 heavy (non-hydrogen) atoms. The normalized spacial score (nSPS) is 12.1. The fraction of sp³-hybridized carbons (Fsp3) is 0.538. The van der Waals surface area contributed by atoms with Crippen LogP contribution in [0.3, 0.4) is 0 Å². The Bertz CT molecular complexity index is 531. The van der Waals surface area contributed by atoms with E-state index in [0.717, 1.165) is 7.11 Å².